The van der Waals surface area contributed by atoms with Crippen molar-refractivity contribution in [3.8, 4) is 0 Å². The molecule has 2 N–H and O–H groups in total. The topological polar surface area (TPSA) is 58.2 Å². The Balaban J connectivity index is 1.88. The molecule has 0 spiro atoms. The summed E-state index contributed by atoms with van der Waals surface area (Å²) in [6.07, 6.45) is 6.05. The van der Waals surface area contributed by atoms with Gasteiger partial charge in [0.2, 0.25) is 10.0 Å². The molecule has 1 aromatic carbocycles. The lowest BCUT2D eigenvalue weighted by atomic mass is 10.1. The number of sulfonamides is 1. The second-order valence-corrected chi connectivity index (χ2v) is 7.28. The lowest BCUT2D eigenvalue weighted by Gasteiger charge is -2.11. The summed E-state index contributed by atoms with van der Waals surface area (Å²) >= 11 is 0. The Morgan fingerprint density at radius 3 is 2.40 bits per heavy atom. The minimum Gasteiger partial charge on any atom is -0.316 e. The van der Waals surface area contributed by atoms with Gasteiger partial charge < -0.3 is 5.32 Å². The molecule has 0 aliphatic heterocycles. The van der Waals surface area contributed by atoms with Crippen molar-refractivity contribution in [2.75, 3.05) is 13.6 Å². The number of benzene rings is 1. The minimum atomic E-state index is -3.35. The summed E-state index contributed by atoms with van der Waals surface area (Å²) in [5.41, 5.74) is 1.08. The van der Waals surface area contributed by atoms with Crippen LogP contribution < -0.4 is 10.0 Å². The predicted molar refractivity (Wildman–Crippen MR) is 81.0 cm³/mol. The van der Waals surface area contributed by atoms with Gasteiger partial charge in [0.05, 0.1) is 4.90 Å². The van der Waals surface area contributed by atoms with Gasteiger partial charge in [0, 0.05) is 13.1 Å². The second-order valence-electron chi connectivity index (χ2n) is 5.51. The highest BCUT2D eigenvalue weighted by molar-refractivity contribution is 7.89. The number of hydrogen-bond acceptors (Lipinski definition) is 3. The van der Waals surface area contributed by atoms with Crippen LogP contribution in [0.3, 0.4) is 0 Å². The molecule has 1 aromatic rings. The van der Waals surface area contributed by atoms with Crippen molar-refractivity contribution in [1.82, 2.24) is 10.0 Å². The van der Waals surface area contributed by atoms with Crippen molar-refractivity contribution in [2.24, 2.45) is 5.92 Å². The second kappa shape index (κ2) is 7.20. The summed E-state index contributed by atoms with van der Waals surface area (Å²) in [7, 11) is -1.48. The van der Waals surface area contributed by atoms with Crippen LogP contribution in [0.1, 0.15) is 37.7 Å². The van der Waals surface area contributed by atoms with Gasteiger partial charge in [0.15, 0.2) is 0 Å². The van der Waals surface area contributed by atoms with Crippen molar-refractivity contribution < 1.29 is 8.42 Å². The highest BCUT2D eigenvalue weighted by atomic mass is 32.2. The zero-order chi connectivity index (χ0) is 14.4. The molecule has 2 rings (SSSR count). The first-order valence-corrected chi connectivity index (χ1v) is 8.83. The molecular formula is C15H24N2O2S. The molecule has 0 bridgehead atoms. The third-order valence-corrected chi connectivity index (χ3v) is 5.41. The van der Waals surface area contributed by atoms with Crippen molar-refractivity contribution in [3.05, 3.63) is 29.8 Å². The average Bonchev–Trinajstić information content (AvgIpc) is 2.93. The smallest absolute Gasteiger partial charge is 0.240 e. The van der Waals surface area contributed by atoms with Gasteiger partial charge in [0.1, 0.15) is 0 Å². The number of hydrogen-bond donors (Lipinski definition) is 2. The SMILES string of the molecule is CNCc1ccc(S(=O)(=O)NCCC2CCCC2)cc1. The van der Waals surface area contributed by atoms with Gasteiger partial charge in [-0.3, -0.25) is 0 Å². The Hall–Kier alpha value is -0.910. The fourth-order valence-corrected chi connectivity index (χ4v) is 3.82. The summed E-state index contributed by atoms with van der Waals surface area (Å²) < 4.78 is 27.0. The van der Waals surface area contributed by atoms with E-state index in [1.165, 1.54) is 25.7 Å². The molecule has 0 heterocycles. The van der Waals surface area contributed by atoms with Crippen LogP contribution in [0.2, 0.25) is 0 Å². The van der Waals surface area contributed by atoms with Gasteiger partial charge in [-0.05, 0) is 37.1 Å². The zero-order valence-corrected chi connectivity index (χ0v) is 12.9. The highest BCUT2D eigenvalue weighted by Crippen LogP contribution is 2.27. The van der Waals surface area contributed by atoms with E-state index in [-0.39, 0.29) is 0 Å². The molecule has 112 valence electrons. The van der Waals surface area contributed by atoms with E-state index < -0.39 is 10.0 Å². The first-order chi connectivity index (χ1) is 9.62. The van der Waals surface area contributed by atoms with Crippen LogP contribution in [-0.4, -0.2) is 22.0 Å². The van der Waals surface area contributed by atoms with E-state index in [1.807, 2.05) is 19.2 Å². The van der Waals surface area contributed by atoms with E-state index in [9.17, 15) is 8.42 Å². The third-order valence-electron chi connectivity index (χ3n) is 3.93. The van der Waals surface area contributed by atoms with Gasteiger partial charge in [-0.1, -0.05) is 37.8 Å². The molecule has 1 aliphatic rings. The first-order valence-electron chi connectivity index (χ1n) is 7.35. The van der Waals surface area contributed by atoms with Crippen LogP contribution >= 0.6 is 0 Å². The monoisotopic (exact) mass is 296 g/mol. The lowest BCUT2D eigenvalue weighted by molar-refractivity contribution is 0.495. The molecule has 0 aromatic heterocycles. The Morgan fingerprint density at radius 2 is 1.80 bits per heavy atom. The zero-order valence-electron chi connectivity index (χ0n) is 12.1. The molecule has 20 heavy (non-hydrogen) atoms. The summed E-state index contributed by atoms with van der Waals surface area (Å²) in [5, 5.41) is 3.04. The third kappa shape index (κ3) is 4.30. The van der Waals surface area contributed by atoms with E-state index in [2.05, 4.69) is 10.0 Å². The van der Waals surface area contributed by atoms with Gasteiger partial charge in [-0.25, -0.2) is 13.1 Å². The van der Waals surface area contributed by atoms with Crippen molar-refractivity contribution in [3.63, 3.8) is 0 Å². The van der Waals surface area contributed by atoms with Crippen molar-refractivity contribution in [2.45, 2.75) is 43.5 Å². The number of rotatable bonds is 7. The minimum absolute atomic E-state index is 0.351. The molecule has 1 aliphatic carbocycles. The normalized spacial score (nSPS) is 16.6. The van der Waals surface area contributed by atoms with Gasteiger partial charge >= 0.3 is 0 Å². The first kappa shape index (κ1) is 15.5. The van der Waals surface area contributed by atoms with Crippen LogP contribution in [0.4, 0.5) is 0 Å². The average molecular weight is 296 g/mol. The molecule has 0 saturated heterocycles. The van der Waals surface area contributed by atoms with Crippen molar-refractivity contribution >= 4 is 10.0 Å². The molecule has 0 atom stereocenters. The predicted octanol–water partition coefficient (Wildman–Crippen LogP) is 2.26. The van der Waals surface area contributed by atoms with Gasteiger partial charge in [0.25, 0.3) is 0 Å². The Bertz CT molecular complexity index is 505. The van der Waals surface area contributed by atoms with Crippen LogP contribution in [0, 0.1) is 5.92 Å². The highest BCUT2D eigenvalue weighted by Gasteiger charge is 2.17. The fourth-order valence-electron chi connectivity index (χ4n) is 2.77. The van der Waals surface area contributed by atoms with Gasteiger partial charge in [-0.15, -0.1) is 0 Å². The van der Waals surface area contributed by atoms with Gasteiger partial charge in [-0.2, -0.15) is 0 Å². The Labute approximate surface area is 122 Å². The molecule has 0 amide bonds. The quantitative estimate of drug-likeness (QED) is 0.811. The van der Waals surface area contributed by atoms with E-state index in [0.29, 0.717) is 17.4 Å². The van der Waals surface area contributed by atoms with Crippen LogP contribution in [0.25, 0.3) is 0 Å². The Morgan fingerprint density at radius 1 is 1.15 bits per heavy atom. The van der Waals surface area contributed by atoms with Crippen LogP contribution in [-0.2, 0) is 16.6 Å². The summed E-state index contributed by atoms with van der Waals surface area (Å²) in [6, 6.07) is 7.04. The van der Waals surface area contributed by atoms with Crippen LogP contribution in [0.5, 0.6) is 0 Å². The molecule has 1 fully saturated rings. The van der Waals surface area contributed by atoms with Crippen molar-refractivity contribution in [1.29, 1.82) is 0 Å². The Kier molecular flexibility index (Phi) is 5.57. The maximum atomic E-state index is 12.1. The van der Waals surface area contributed by atoms with E-state index in [4.69, 9.17) is 0 Å². The summed E-state index contributed by atoms with van der Waals surface area (Å²) in [4.78, 5) is 0.351. The van der Waals surface area contributed by atoms with Crippen LogP contribution in [0.15, 0.2) is 29.2 Å². The standard InChI is InChI=1S/C15H24N2O2S/c1-16-12-14-6-8-15(9-7-14)20(18,19)17-11-10-13-4-2-3-5-13/h6-9,13,16-17H,2-5,10-12H2,1H3. The largest absolute Gasteiger partial charge is 0.316 e. The lowest BCUT2D eigenvalue weighted by Crippen LogP contribution is -2.26. The summed E-state index contributed by atoms with van der Waals surface area (Å²) in [5.74, 6) is 0.704. The maximum absolute atomic E-state index is 12.1. The number of nitrogens with one attached hydrogen (secondary N) is 2. The molecular weight excluding hydrogens is 272 g/mol. The van der Waals surface area contributed by atoms with E-state index >= 15 is 0 Å². The van der Waals surface area contributed by atoms with E-state index in [1.54, 1.807) is 12.1 Å². The molecule has 4 nitrogen and oxygen atoms in total. The summed E-state index contributed by atoms with van der Waals surface area (Å²) in [6.45, 7) is 1.29. The molecule has 0 radical (unpaired) electrons. The molecule has 0 unspecified atom stereocenters. The maximum Gasteiger partial charge on any atom is 0.240 e. The molecule has 5 heteroatoms. The fraction of sp³-hybridized carbons (Fsp3) is 0.600. The molecule has 1 saturated carbocycles. The van der Waals surface area contributed by atoms with E-state index in [0.717, 1.165) is 18.5 Å².